The van der Waals surface area contributed by atoms with E-state index in [1.165, 1.54) is 31.4 Å². The van der Waals surface area contributed by atoms with Gasteiger partial charge < -0.3 is 24.2 Å². The van der Waals surface area contributed by atoms with Gasteiger partial charge in [0.1, 0.15) is 12.1 Å². The number of nitrogens with one attached hydrogen (secondary N) is 1. The van der Waals surface area contributed by atoms with Gasteiger partial charge in [-0.05, 0) is 25.8 Å². The molecular weight excluding hydrogens is 447 g/mol. The first-order chi connectivity index (χ1) is 15.3. The minimum atomic E-state index is -4.93. The summed E-state index contributed by atoms with van der Waals surface area (Å²) in [6.07, 6.45) is -1.21. The fourth-order valence-electron chi connectivity index (χ4n) is 4.33. The average molecular weight is 467 g/mol. The number of oxime groups is 1. The van der Waals surface area contributed by atoms with Crippen LogP contribution in [0, 0.1) is 0 Å². The topological polar surface area (TPSA) is 85.0 Å². The zero-order valence-electron chi connectivity index (χ0n) is 17.3. The smallest absolute Gasteiger partial charge is 0.422 e. The van der Waals surface area contributed by atoms with Crippen molar-refractivity contribution in [2.24, 2.45) is 5.16 Å². The predicted octanol–water partition coefficient (Wildman–Crippen LogP) is 4.16. The van der Waals surface area contributed by atoms with Gasteiger partial charge in [0.15, 0.2) is 16.8 Å². The van der Waals surface area contributed by atoms with E-state index < -0.39 is 12.1 Å². The molecule has 3 aromatic rings. The van der Waals surface area contributed by atoms with Gasteiger partial charge in [-0.2, -0.15) is 4.98 Å². The number of thiazole rings is 1. The Kier molecular flexibility index (Phi) is 5.20. The lowest BCUT2D eigenvalue weighted by Gasteiger charge is -2.31. The molecule has 0 radical (unpaired) electrons. The molecule has 1 aromatic carbocycles. The summed E-state index contributed by atoms with van der Waals surface area (Å²) in [6.45, 7) is 2.87. The lowest BCUT2D eigenvalue weighted by Crippen LogP contribution is -2.51. The van der Waals surface area contributed by atoms with Crippen LogP contribution in [0.3, 0.4) is 0 Å². The number of hydrogen-bond donors (Lipinski definition) is 1. The van der Waals surface area contributed by atoms with Crippen LogP contribution in [-0.2, 0) is 4.84 Å². The molecular formula is C20H20F3N5O3S. The van der Waals surface area contributed by atoms with E-state index in [1.54, 1.807) is 11.6 Å². The van der Waals surface area contributed by atoms with E-state index >= 15 is 0 Å². The Hall–Kier alpha value is -2.86. The van der Waals surface area contributed by atoms with E-state index in [-0.39, 0.29) is 28.4 Å². The van der Waals surface area contributed by atoms with E-state index in [4.69, 9.17) is 9.25 Å². The van der Waals surface area contributed by atoms with Crippen LogP contribution in [0.5, 0.6) is 5.75 Å². The third kappa shape index (κ3) is 3.88. The molecule has 1 N–H and O–H groups in total. The average Bonchev–Trinajstić information content (AvgIpc) is 3.47. The molecule has 2 aliphatic heterocycles. The van der Waals surface area contributed by atoms with Crippen molar-refractivity contribution in [2.75, 3.05) is 25.1 Å². The fourth-order valence-corrected chi connectivity index (χ4v) is 4.98. The summed E-state index contributed by atoms with van der Waals surface area (Å²) in [7, 11) is 1.32. The van der Waals surface area contributed by atoms with Gasteiger partial charge in [0.05, 0.1) is 11.3 Å². The molecule has 12 heteroatoms. The maximum Gasteiger partial charge on any atom is 0.573 e. The first kappa shape index (κ1) is 21.0. The summed E-state index contributed by atoms with van der Waals surface area (Å²) in [5.74, 6) is -0.473. The van der Waals surface area contributed by atoms with Gasteiger partial charge in [0, 0.05) is 42.3 Å². The Balaban J connectivity index is 1.72. The maximum absolute atomic E-state index is 13.4. The SMILES string of the molecule is CO/N=C(/C)c1cc(-c2nccs2)c2oc(N3CC4CCC(C3)N4)nc2c1OC(F)(F)F. The summed E-state index contributed by atoms with van der Waals surface area (Å²) in [5, 5.41) is 9.70. The Morgan fingerprint density at radius 3 is 2.69 bits per heavy atom. The van der Waals surface area contributed by atoms with Gasteiger partial charge in [-0.25, -0.2) is 4.98 Å². The molecule has 0 saturated carbocycles. The van der Waals surface area contributed by atoms with Crippen LogP contribution in [0.25, 0.3) is 21.7 Å². The number of aromatic nitrogens is 2. The van der Waals surface area contributed by atoms with E-state index in [2.05, 4.69) is 25.2 Å². The highest BCUT2D eigenvalue weighted by molar-refractivity contribution is 7.13. The molecule has 2 aliphatic rings. The van der Waals surface area contributed by atoms with Crippen LogP contribution in [0.15, 0.2) is 27.2 Å². The van der Waals surface area contributed by atoms with Gasteiger partial charge >= 0.3 is 6.36 Å². The summed E-state index contributed by atoms with van der Waals surface area (Å²) < 4.78 is 50.6. The molecule has 170 valence electrons. The Morgan fingerprint density at radius 2 is 2.06 bits per heavy atom. The Bertz CT molecular complexity index is 1150. The van der Waals surface area contributed by atoms with E-state index in [0.29, 0.717) is 35.7 Å². The quantitative estimate of drug-likeness (QED) is 0.446. The Morgan fingerprint density at radius 1 is 1.31 bits per heavy atom. The highest BCUT2D eigenvalue weighted by atomic mass is 32.1. The van der Waals surface area contributed by atoms with Crippen LogP contribution in [0.2, 0.25) is 0 Å². The molecule has 0 spiro atoms. The van der Waals surface area contributed by atoms with E-state index in [0.717, 1.165) is 12.8 Å². The molecule has 0 amide bonds. The molecule has 2 aromatic heterocycles. The van der Waals surface area contributed by atoms with Gasteiger partial charge in [-0.15, -0.1) is 24.5 Å². The number of hydrogen-bond acceptors (Lipinski definition) is 9. The van der Waals surface area contributed by atoms with Crippen LogP contribution < -0.4 is 15.0 Å². The summed E-state index contributed by atoms with van der Waals surface area (Å²) in [4.78, 5) is 15.6. The third-order valence-corrected chi connectivity index (χ3v) is 6.40. The van der Waals surface area contributed by atoms with Crippen molar-refractivity contribution in [3.05, 3.63) is 23.2 Å². The number of nitrogens with zero attached hydrogens (tertiary/aromatic N) is 4. The minimum absolute atomic E-state index is 0.0310. The van der Waals surface area contributed by atoms with Crippen molar-refractivity contribution in [1.82, 2.24) is 15.3 Å². The van der Waals surface area contributed by atoms with Crippen molar-refractivity contribution in [3.8, 4) is 16.3 Å². The monoisotopic (exact) mass is 467 g/mol. The summed E-state index contributed by atoms with van der Waals surface area (Å²) in [5.41, 5.74) is 0.978. The molecule has 8 nitrogen and oxygen atoms in total. The number of rotatable bonds is 5. The highest BCUT2D eigenvalue weighted by Gasteiger charge is 2.37. The van der Waals surface area contributed by atoms with Crippen molar-refractivity contribution in [1.29, 1.82) is 0 Å². The first-order valence-electron chi connectivity index (χ1n) is 10.0. The number of ether oxygens (including phenoxy) is 1. The number of fused-ring (bicyclic) bond motifs is 3. The second-order valence-electron chi connectivity index (χ2n) is 7.76. The Labute approximate surface area is 185 Å². The normalized spacial score (nSPS) is 21.4. The second kappa shape index (κ2) is 7.93. The molecule has 2 atom stereocenters. The van der Waals surface area contributed by atoms with Crippen molar-refractivity contribution in [2.45, 2.75) is 38.2 Å². The lowest BCUT2D eigenvalue weighted by atomic mass is 10.0. The number of oxazole rings is 1. The highest BCUT2D eigenvalue weighted by Crippen LogP contribution is 2.42. The van der Waals surface area contributed by atoms with Crippen molar-refractivity contribution >= 4 is 34.2 Å². The molecule has 0 aliphatic carbocycles. The predicted molar refractivity (Wildman–Crippen MR) is 113 cm³/mol. The van der Waals surface area contributed by atoms with Crippen LogP contribution in [0.4, 0.5) is 19.2 Å². The largest absolute Gasteiger partial charge is 0.573 e. The van der Waals surface area contributed by atoms with E-state index in [9.17, 15) is 13.2 Å². The molecule has 2 fully saturated rings. The van der Waals surface area contributed by atoms with Gasteiger partial charge in [0.2, 0.25) is 0 Å². The van der Waals surface area contributed by atoms with Crippen molar-refractivity contribution in [3.63, 3.8) is 0 Å². The zero-order valence-corrected chi connectivity index (χ0v) is 18.1. The van der Waals surface area contributed by atoms with E-state index in [1.807, 2.05) is 4.90 Å². The van der Waals surface area contributed by atoms with Gasteiger partial charge in [-0.1, -0.05) is 5.16 Å². The number of alkyl halides is 3. The summed E-state index contributed by atoms with van der Waals surface area (Å²) >= 11 is 1.34. The van der Waals surface area contributed by atoms with Gasteiger partial charge in [-0.3, -0.25) is 0 Å². The number of piperazine rings is 1. The molecule has 2 bridgehead atoms. The maximum atomic E-state index is 13.4. The first-order valence-corrected chi connectivity index (χ1v) is 10.9. The van der Waals surface area contributed by atoms with Crippen LogP contribution >= 0.6 is 11.3 Å². The summed E-state index contributed by atoms with van der Waals surface area (Å²) in [6, 6.07) is 2.40. The minimum Gasteiger partial charge on any atom is -0.422 e. The lowest BCUT2D eigenvalue weighted by molar-refractivity contribution is -0.274. The molecule has 32 heavy (non-hydrogen) atoms. The fraction of sp³-hybridized carbons (Fsp3) is 0.450. The molecule has 2 unspecified atom stereocenters. The van der Waals surface area contributed by atoms with Gasteiger partial charge in [0.25, 0.3) is 6.01 Å². The molecule has 4 heterocycles. The zero-order chi connectivity index (χ0) is 22.5. The standard InChI is InChI=1S/C20H20F3N5O3S/c1-10(27-29-2)13-7-14(18-24-5-6-32-18)16-15(17(13)31-20(21,22)23)26-19(30-16)28-8-11-3-4-12(9-28)25-11/h5-7,11-12,25H,3-4,8-9H2,1-2H3/b27-10-. The number of anilines is 1. The molecule has 2 saturated heterocycles. The van der Waals surface area contributed by atoms with Crippen LogP contribution in [0.1, 0.15) is 25.3 Å². The second-order valence-corrected chi connectivity index (χ2v) is 8.66. The third-order valence-electron chi connectivity index (χ3n) is 5.59. The number of halogens is 3. The number of benzene rings is 1. The molecule has 5 rings (SSSR count). The van der Waals surface area contributed by atoms with Crippen molar-refractivity contribution < 1.29 is 27.2 Å². The van der Waals surface area contributed by atoms with Crippen LogP contribution in [-0.4, -0.2) is 54.3 Å².